The van der Waals surface area contributed by atoms with Gasteiger partial charge in [-0.15, -0.1) is 0 Å². The number of rotatable bonds is 7. The zero-order valence-corrected chi connectivity index (χ0v) is 17.7. The summed E-state index contributed by atoms with van der Waals surface area (Å²) in [5.41, 5.74) is 7.39. The van der Waals surface area contributed by atoms with E-state index in [1.54, 1.807) is 37.4 Å². The number of carbonyl (C=O) groups is 2. The number of benzene rings is 2. The fraction of sp³-hybridized carbons (Fsp3) is 0.208. The van der Waals surface area contributed by atoms with E-state index in [0.717, 1.165) is 22.6 Å². The number of halogens is 1. The molecule has 7 heteroatoms. The van der Waals surface area contributed by atoms with Crippen molar-refractivity contribution < 1.29 is 18.7 Å². The summed E-state index contributed by atoms with van der Waals surface area (Å²) in [5, 5.41) is 4.05. The van der Waals surface area contributed by atoms with Crippen LogP contribution in [-0.4, -0.2) is 29.3 Å². The van der Waals surface area contributed by atoms with Crippen LogP contribution in [0.4, 0.5) is 4.39 Å². The third kappa shape index (κ3) is 5.45. The van der Waals surface area contributed by atoms with Gasteiger partial charge in [-0.2, -0.15) is 5.10 Å². The number of hydrogen-bond donors (Lipinski definition) is 1. The van der Waals surface area contributed by atoms with Gasteiger partial charge in [-0.25, -0.2) is 14.6 Å². The molecule has 31 heavy (non-hydrogen) atoms. The summed E-state index contributed by atoms with van der Waals surface area (Å²) in [6.07, 6.45) is 1.71. The van der Waals surface area contributed by atoms with Gasteiger partial charge in [0.1, 0.15) is 5.82 Å². The van der Waals surface area contributed by atoms with E-state index in [1.165, 1.54) is 12.1 Å². The SMILES string of the molecule is CCOC(=O)c1ccc(-n2c(C)cc(/C=N\NC(=O)Cc3ccc(F)cc3)c2C)cc1. The van der Waals surface area contributed by atoms with Gasteiger partial charge in [0.15, 0.2) is 0 Å². The molecular weight excluding hydrogens is 397 g/mol. The summed E-state index contributed by atoms with van der Waals surface area (Å²) >= 11 is 0. The van der Waals surface area contributed by atoms with E-state index < -0.39 is 0 Å². The molecule has 0 atom stereocenters. The second kappa shape index (κ2) is 9.84. The average molecular weight is 421 g/mol. The lowest BCUT2D eigenvalue weighted by atomic mass is 10.1. The molecule has 1 heterocycles. The van der Waals surface area contributed by atoms with E-state index in [-0.39, 0.29) is 24.1 Å². The molecule has 3 rings (SSSR count). The number of amides is 1. The first kappa shape index (κ1) is 22.0. The van der Waals surface area contributed by atoms with Crippen molar-refractivity contribution in [1.82, 2.24) is 9.99 Å². The van der Waals surface area contributed by atoms with E-state index in [9.17, 15) is 14.0 Å². The Kier molecular flexibility index (Phi) is 6.97. The predicted molar refractivity (Wildman–Crippen MR) is 117 cm³/mol. The molecule has 160 valence electrons. The van der Waals surface area contributed by atoms with Crippen molar-refractivity contribution in [2.45, 2.75) is 27.2 Å². The van der Waals surface area contributed by atoms with Crippen molar-refractivity contribution in [3.8, 4) is 5.69 Å². The molecule has 0 radical (unpaired) electrons. The average Bonchev–Trinajstić information content (AvgIpc) is 3.03. The monoisotopic (exact) mass is 421 g/mol. The number of carbonyl (C=O) groups excluding carboxylic acids is 2. The van der Waals surface area contributed by atoms with Crippen LogP contribution in [0.25, 0.3) is 5.69 Å². The third-order valence-electron chi connectivity index (χ3n) is 4.78. The minimum absolute atomic E-state index is 0.115. The molecule has 1 amide bonds. The number of aryl methyl sites for hydroxylation is 1. The van der Waals surface area contributed by atoms with Crippen LogP contribution in [-0.2, 0) is 16.0 Å². The molecule has 0 aliphatic rings. The lowest BCUT2D eigenvalue weighted by molar-refractivity contribution is -0.120. The predicted octanol–water partition coefficient (Wildman–Crippen LogP) is 4.10. The first-order valence-corrected chi connectivity index (χ1v) is 9.92. The van der Waals surface area contributed by atoms with Crippen LogP contribution in [0.15, 0.2) is 59.7 Å². The van der Waals surface area contributed by atoms with Gasteiger partial charge < -0.3 is 9.30 Å². The van der Waals surface area contributed by atoms with Gasteiger partial charge in [0.05, 0.1) is 24.8 Å². The Morgan fingerprint density at radius 3 is 2.42 bits per heavy atom. The van der Waals surface area contributed by atoms with Crippen molar-refractivity contribution in [1.29, 1.82) is 0 Å². The number of nitrogens with zero attached hydrogens (tertiary/aromatic N) is 2. The second-order valence-corrected chi connectivity index (χ2v) is 7.03. The van der Waals surface area contributed by atoms with E-state index in [4.69, 9.17) is 4.74 Å². The Balaban J connectivity index is 1.68. The number of hydrazone groups is 1. The molecule has 0 saturated carbocycles. The fourth-order valence-electron chi connectivity index (χ4n) is 3.28. The van der Waals surface area contributed by atoms with Crippen LogP contribution < -0.4 is 5.43 Å². The Morgan fingerprint density at radius 1 is 1.10 bits per heavy atom. The van der Waals surface area contributed by atoms with E-state index in [2.05, 4.69) is 10.5 Å². The number of nitrogens with one attached hydrogen (secondary N) is 1. The standard InChI is InChI=1S/C24H24FN3O3/c1-4-31-24(30)19-7-11-22(12-8-19)28-16(2)13-20(17(28)3)15-26-27-23(29)14-18-5-9-21(25)10-6-18/h5-13,15H,4,14H2,1-3H3,(H,27,29)/b26-15-. The Hall–Kier alpha value is -3.74. The highest BCUT2D eigenvalue weighted by Crippen LogP contribution is 2.20. The van der Waals surface area contributed by atoms with Gasteiger partial charge >= 0.3 is 5.97 Å². The first-order valence-electron chi connectivity index (χ1n) is 9.92. The van der Waals surface area contributed by atoms with Crippen LogP contribution in [0.5, 0.6) is 0 Å². The number of esters is 1. The first-order chi connectivity index (χ1) is 14.9. The maximum absolute atomic E-state index is 12.9. The maximum Gasteiger partial charge on any atom is 0.338 e. The highest BCUT2D eigenvalue weighted by atomic mass is 19.1. The number of aromatic nitrogens is 1. The highest BCUT2D eigenvalue weighted by molar-refractivity contribution is 5.89. The minimum atomic E-state index is -0.348. The van der Waals surface area contributed by atoms with Crippen molar-refractivity contribution in [3.05, 3.63) is 88.5 Å². The van der Waals surface area contributed by atoms with Crippen LogP contribution in [0.1, 0.15) is 39.8 Å². The Morgan fingerprint density at radius 2 is 1.77 bits per heavy atom. The molecule has 2 aromatic carbocycles. The zero-order valence-electron chi connectivity index (χ0n) is 17.7. The summed E-state index contributed by atoms with van der Waals surface area (Å²) in [6.45, 7) is 6.03. The van der Waals surface area contributed by atoms with Gasteiger partial charge in [0.25, 0.3) is 0 Å². The van der Waals surface area contributed by atoms with E-state index in [1.807, 2.05) is 36.6 Å². The van der Waals surface area contributed by atoms with Gasteiger partial charge in [-0.05, 0) is 68.8 Å². The number of hydrogen-bond acceptors (Lipinski definition) is 4. The highest BCUT2D eigenvalue weighted by Gasteiger charge is 2.11. The zero-order chi connectivity index (χ0) is 22.4. The van der Waals surface area contributed by atoms with Crippen molar-refractivity contribution in [3.63, 3.8) is 0 Å². The Bertz CT molecular complexity index is 1100. The van der Waals surface area contributed by atoms with E-state index >= 15 is 0 Å². The smallest absolute Gasteiger partial charge is 0.338 e. The molecule has 1 N–H and O–H groups in total. The molecule has 0 spiro atoms. The summed E-state index contributed by atoms with van der Waals surface area (Å²) in [5.74, 6) is -0.974. The molecular formula is C24H24FN3O3. The van der Waals surface area contributed by atoms with Crippen molar-refractivity contribution >= 4 is 18.1 Å². The molecule has 0 aliphatic carbocycles. The van der Waals surface area contributed by atoms with Crippen LogP contribution in [0, 0.1) is 19.7 Å². The molecule has 1 aromatic heterocycles. The molecule has 3 aromatic rings. The maximum atomic E-state index is 12.9. The second-order valence-electron chi connectivity index (χ2n) is 7.03. The normalized spacial score (nSPS) is 11.0. The quantitative estimate of drug-likeness (QED) is 0.355. The van der Waals surface area contributed by atoms with Crippen LogP contribution in [0.2, 0.25) is 0 Å². The van der Waals surface area contributed by atoms with Crippen LogP contribution >= 0.6 is 0 Å². The van der Waals surface area contributed by atoms with Crippen molar-refractivity contribution in [2.24, 2.45) is 5.10 Å². The van der Waals surface area contributed by atoms with Gasteiger partial charge in [0.2, 0.25) is 5.91 Å². The van der Waals surface area contributed by atoms with Gasteiger partial charge in [0, 0.05) is 22.6 Å². The minimum Gasteiger partial charge on any atom is -0.462 e. The van der Waals surface area contributed by atoms with Gasteiger partial charge in [-0.1, -0.05) is 12.1 Å². The summed E-state index contributed by atoms with van der Waals surface area (Å²) in [4.78, 5) is 23.9. The molecule has 0 fully saturated rings. The topological polar surface area (TPSA) is 72.7 Å². The Labute approximate surface area is 180 Å². The number of ether oxygens (including phenoxy) is 1. The van der Waals surface area contributed by atoms with Crippen LogP contribution in [0.3, 0.4) is 0 Å². The molecule has 0 bridgehead atoms. The summed E-state index contributed by atoms with van der Waals surface area (Å²) in [6, 6.07) is 14.9. The molecule has 0 aliphatic heterocycles. The fourth-order valence-corrected chi connectivity index (χ4v) is 3.28. The molecule has 0 saturated heterocycles. The third-order valence-corrected chi connectivity index (χ3v) is 4.78. The largest absolute Gasteiger partial charge is 0.462 e. The lowest BCUT2D eigenvalue weighted by Gasteiger charge is -2.10. The summed E-state index contributed by atoms with van der Waals surface area (Å²) in [7, 11) is 0. The van der Waals surface area contributed by atoms with Gasteiger partial charge in [-0.3, -0.25) is 4.79 Å². The molecule has 0 unspecified atom stereocenters. The van der Waals surface area contributed by atoms with E-state index in [0.29, 0.717) is 17.7 Å². The lowest BCUT2D eigenvalue weighted by Crippen LogP contribution is -2.19. The molecule has 6 nitrogen and oxygen atoms in total. The van der Waals surface area contributed by atoms with Crippen molar-refractivity contribution in [2.75, 3.05) is 6.61 Å². The summed E-state index contributed by atoms with van der Waals surface area (Å²) < 4.78 is 20.0.